The molecule has 0 aliphatic carbocycles. The molecule has 2 aliphatic heterocycles. The predicted molar refractivity (Wildman–Crippen MR) is 110 cm³/mol. The molecule has 7 heteroatoms. The second-order valence-electron chi connectivity index (χ2n) is 6.99. The lowest BCUT2D eigenvalue weighted by atomic mass is 9.96. The highest BCUT2D eigenvalue weighted by Gasteiger charge is 2.20. The third-order valence-electron chi connectivity index (χ3n) is 5.00. The standard InChI is InChI=1S/C21H24N4O2S/c1-2-27-19(26)6-4-15-7-11-25(12-8-15)14-16-3-5-18-17(13-16)24-20-21(28-18)23-10-9-22-20/h3-6,9-10,13,15H,2,7-8,11-12,14H2,1H3,(H,22,24)/b6-4-. The van der Waals surface area contributed by atoms with Crippen LogP contribution in [0.3, 0.4) is 0 Å². The van der Waals surface area contributed by atoms with E-state index in [1.54, 1.807) is 30.2 Å². The summed E-state index contributed by atoms with van der Waals surface area (Å²) in [6.45, 7) is 5.25. The van der Waals surface area contributed by atoms with E-state index in [-0.39, 0.29) is 5.97 Å². The average molecular weight is 397 g/mol. The minimum absolute atomic E-state index is 0.240. The number of nitrogens with one attached hydrogen (secondary N) is 1. The second-order valence-corrected chi connectivity index (χ2v) is 8.02. The smallest absolute Gasteiger partial charge is 0.330 e. The third kappa shape index (κ3) is 4.54. The number of fused-ring (bicyclic) bond motifs is 2. The van der Waals surface area contributed by atoms with E-state index < -0.39 is 0 Å². The zero-order valence-corrected chi connectivity index (χ0v) is 16.7. The molecule has 146 valence electrons. The number of carbonyl (C=O) groups is 1. The van der Waals surface area contributed by atoms with E-state index in [1.807, 2.05) is 13.0 Å². The van der Waals surface area contributed by atoms with Crippen molar-refractivity contribution in [2.75, 3.05) is 25.0 Å². The Kier molecular flexibility index (Phi) is 5.92. The van der Waals surface area contributed by atoms with Gasteiger partial charge in [0.15, 0.2) is 5.82 Å². The maximum Gasteiger partial charge on any atom is 0.330 e. The third-order valence-corrected chi connectivity index (χ3v) is 6.07. The summed E-state index contributed by atoms with van der Waals surface area (Å²) < 4.78 is 4.95. The number of likely N-dealkylation sites (tertiary alicyclic amines) is 1. The number of nitrogens with zero attached hydrogens (tertiary/aromatic N) is 3. The first-order valence-corrected chi connectivity index (χ1v) is 10.5. The van der Waals surface area contributed by atoms with Crippen molar-refractivity contribution in [2.24, 2.45) is 5.92 Å². The number of aromatic nitrogens is 2. The van der Waals surface area contributed by atoms with Crippen LogP contribution in [0.4, 0.5) is 11.5 Å². The molecule has 1 saturated heterocycles. The van der Waals surface area contributed by atoms with Gasteiger partial charge in [0.2, 0.25) is 0 Å². The molecule has 2 aromatic rings. The van der Waals surface area contributed by atoms with Crippen molar-refractivity contribution in [3.8, 4) is 0 Å². The molecule has 28 heavy (non-hydrogen) atoms. The summed E-state index contributed by atoms with van der Waals surface area (Å²) in [7, 11) is 0. The monoisotopic (exact) mass is 396 g/mol. The van der Waals surface area contributed by atoms with Crippen molar-refractivity contribution in [3.63, 3.8) is 0 Å². The normalized spacial score (nSPS) is 17.0. The number of benzene rings is 1. The molecule has 4 rings (SSSR count). The van der Waals surface area contributed by atoms with Crippen molar-refractivity contribution >= 4 is 29.2 Å². The van der Waals surface area contributed by atoms with Gasteiger partial charge in [-0.05, 0) is 56.5 Å². The Morgan fingerprint density at radius 3 is 2.96 bits per heavy atom. The lowest BCUT2D eigenvalue weighted by Crippen LogP contribution is -2.32. The number of piperidine rings is 1. The number of hydrogen-bond donors (Lipinski definition) is 1. The first kappa shape index (κ1) is 19.0. The molecule has 3 heterocycles. The van der Waals surface area contributed by atoms with Gasteiger partial charge in [0.05, 0.1) is 12.3 Å². The Bertz CT molecular complexity index is 878. The van der Waals surface area contributed by atoms with E-state index in [1.165, 1.54) is 10.5 Å². The van der Waals surface area contributed by atoms with Crippen molar-refractivity contribution in [3.05, 3.63) is 48.3 Å². The van der Waals surface area contributed by atoms with Crippen LogP contribution in [0.15, 0.2) is 52.7 Å². The molecule has 1 N–H and O–H groups in total. The van der Waals surface area contributed by atoms with Gasteiger partial charge in [-0.15, -0.1) is 0 Å². The van der Waals surface area contributed by atoms with Crippen molar-refractivity contribution in [1.29, 1.82) is 0 Å². The number of anilines is 2. The van der Waals surface area contributed by atoms with E-state index in [9.17, 15) is 4.79 Å². The van der Waals surface area contributed by atoms with Crippen molar-refractivity contribution in [1.82, 2.24) is 14.9 Å². The Morgan fingerprint density at radius 2 is 2.14 bits per heavy atom. The van der Waals surface area contributed by atoms with Gasteiger partial charge in [-0.2, -0.15) is 0 Å². The first-order valence-electron chi connectivity index (χ1n) is 9.67. The summed E-state index contributed by atoms with van der Waals surface area (Å²) in [6.07, 6.45) is 9.15. The summed E-state index contributed by atoms with van der Waals surface area (Å²) in [4.78, 5) is 23.8. The van der Waals surface area contributed by atoms with Crippen LogP contribution < -0.4 is 5.32 Å². The highest BCUT2D eigenvalue weighted by molar-refractivity contribution is 7.99. The number of esters is 1. The molecular weight excluding hydrogens is 372 g/mol. The Balaban J connectivity index is 1.32. The van der Waals surface area contributed by atoms with Gasteiger partial charge in [-0.1, -0.05) is 23.9 Å². The van der Waals surface area contributed by atoms with Crippen LogP contribution in [0, 0.1) is 5.92 Å². The zero-order valence-electron chi connectivity index (χ0n) is 15.9. The molecule has 1 aromatic heterocycles. The fourth-order valence-electron chi connectivity index (χ4n) is 3.55. The summed E-state index contributed by atoms with van der Waals surface area (Å²) >= 11 is 1.65. The van der Waals surface area contributed by atoms with Gasteiger partial charge in [0, 0.05) is 29.9 Å². The molecule has 1 fully saturated rings. The average Bonchev–Trinajstić information content (AvgIpc) is 2.72. The molecule has 0 bridgehead atoms. The van der Waals surface area contributed by atoms with Crippen molar-refractivity contribution < 1.29 is 9.53 Å². The maximum absolute atomic E-state index is 11.5. The van der Waals surface area contributed by atoms with E-state index in [0.717, 1.165) is 49.0 Å². The molecule has 2 aliphatic rings. The van der Waals surface area contributed by atoms with Crippen LogP contribution in [-0.2, 0) is 16.1 Å². The first-order chi connectivity index (χ1) is 13.7. The number of ether oxygens (including phenoxy) is 1. The minimum atomic E-state index is -0.240. The zero-order chi connectivity index (χ0) is 19.3. The summed E-state index contributed by atoms with van der Waals surface area (Å²) in [5.74, 6) is 1.04. The van der Waals surface area contributed by atoms with E-state index in [2.05, 4.69) is 38.4 Å². The highest BCUT2D eigenvalue weighted by Crippen LogP contribution is 2.42. The van der Waals surface area contributed by atoms with Crippen LogP contribution in [0.1, 0.15) is 25.3 Å². The SMILES string of the molecule is CCOC(=O)/C=C\C1CCN(Cc2ccc3c(c2)Nc2nccnc2S3)CC1. The molecular formula is C21H24N4O2S. The number of hydrogen-bond acceptors (Lipinski definition) is 7. The molecule has 0 unspecified atom stereocenters. The van der Waals surface area contributed by atoms with Crippen LogP contribution in [0.5, 0.6) is 0 Å². The highest BCUT2D eigenvalue weighted by atomic mass is 32.2. The summed E-state index contributed by atoms with van der Waals surface area (Å²) in [6, 6.07) is 6.57. The summed E-state index contributed by atoms with van der Waals surface area (Å²) in [5, 5.41) is 4.31. The predicted octanol–water partition coefficient (Wildman–Crippen LogP) is 4.02. The van der Waals surface area contributed by atoms with E-state index in [0.29, 0.717) is 12.5 Å². The number of allylic oxidation sites excluding steroid dienone is 1. The Morgan fingerprint density at radius 1 is 1.32 bits per heavy atom. The largest absolute Gasteiger partial charge is 0.463 e. The van der Waals surface area contributed by atoms with Gasteiger partial charge in [-0.3, -0.25) is 4.90 Å². The van der Waals surface area contributed by atoms with Crippen LogP contribution in [0.25, 0.3) is 0 Å². The molecule has 0 radical (unpaired) electrons. The van der Waals surface area contributed by atoms with Crippen LogP contribution in [0.2, 0.25) is 0 Å². The lowest BCUT2D eigenvalue weighted by Gasteiger charge is -2.31. The molecule has 1 aromatic carbocycles. The maximum atomic E-state index is 11.5. The van der Waals surface area contributed by atoms with Gasteiger partial charge in [0.25, 0.3) is 0 Å². The topological polar surface area (TPSA) is 67.3 Å². The second kappa shape index (κ2) is 8.75. The Labute approximate surface area is 169 Å². The molecule has 0 amide bonds. The van der Waals surface area contributed by atoms with Crippen LogP contribution in [-0.4, -0.2) is 40.5 Å². The molecule has 6 nitrogen and oxygen atoms in total. The summed E-state index contributed by atoms with van der Waals surface area (Å²) in [5.41, 5.74) is 2.39. The fraction of sp³-hybridized carbons (Fsp3) is 0.381. The van der Waals surface area contributed by atoms with Gasteiger partial charge in [0.1, 0.15) is 5.03 Å². The lowest BCUT2D eigenvalue weighted by molar-refractivity contribution is -0.137. The Hall–Kier alpha value is -2.38. The van der Waals surface area contributed by atoms with Crippen LogP contribution >= 0.6 is 11.8 Å². The fourth-order valence-corrected chi connectivity index (χ4v) is 4.42. The van der Waals surface area contributed by atoms with E-state index >= 15 is 0 Å². The molecule has 0 atom stereocenters. The molecule has 0 saturated carbocycles. The van der Waals surface area contributed by atoms with Gasteiger partial charge in [-0.25, -0.2) is 14.8 Å². The number of rotatable bonds is 5. The van der Waals surface area contributed by atoms with Gasteiger partial charge >= 0.3 is 5.97 Å². The van der Waals surface area contributed by atoms with Gasteiger partial charge < -0.3 is 10.1 Å². The minimum Gasteiger partial charge on any atom is -0.463 e. The number of carbonyl (C=O) groups excluding carboxylic acids is 1. The quantitative estimate of drug-likeness (QED) is 0.516. The van der Waals surface area contributed by atoms with Crippen molar-refractivity contribution in [2.45, 2.75) is 36.2 Å². The molecule has 0 spiro atoms. The van der Waals surface area contributed by atoms with E-state index in [4.69, 9.17) is 4.74 Å².